The minimum absolute atomic E-state index is 0.264. The molecule has 0 spiro atoms. The zero-order valence-electron chi connectivity index (χ0n) is 7.14. The molecule has 13 heavy (non-hydrogen) atoms. The third-order valence-corrected chi connectivity index (χ3v) is 1.98. The van der Waals surface area contributed by atoms with Crippen LogP contribution >= 0.6 is 0 Å². The van der Waals surface area contributed by atoms with Crippen LogP contribution in [0.15, 0.2) is 29.4 Å². The van der Waals surface area contributed by atoms with Crippen LogP contribution < -0.4 is 10.7 Å². The number of amidine groups is 1. The van der Waals surface area contributed by atoms with Crippen molar-refractivity contribution >= 4 is 11.5 Å². The third-order valence-electron chi connectivity index (χ3n) is 1.98. The van der Waals surface area contributed by atoms with Gasteiger partial charge in [-0.1, -0.05) is 0 Å². The Kier molecular flexibility index (Phi) is 1.81. The molecule has 4 nitrogen and oxygen atoms in total. The lowest BCUT2D eigenvalue weighted by Crippen LogP contribution is -2.11. The molecule has 4 heteroatoms. The van der Waals surface area contributed by atoms with Gasteiger partial charge < -0.3 is 10.8 Å². The summed E-state index contributed by atoms with van der Waals surface area (Å²) in [7, 11) is 0. The fourth-order valence-corrected chi connectivity index (χ4v) is 1.29. The second kappa shape index (κ2) is 2.97. The number of benzene rings is 1. The van der Waals surface area contributed by atoms with Crippen molar-refractivity contribution in [2.75, 3.05) is 11.6 Å². The molecule has 68 valence electrons. The molecule has 0 unspecified atom stereocenters. The van der Waals surface area contributed by atoms with E-state index in [0.717, 1.165) is 18.7 Å². The molecule has 1 aliphatic heterocycles. The van der Waals surface area contributed by atoms with Gasteiger partial charge in [-0.15, -0.1) is 0 Å². The smallest absolute Gasteiger partial charge is 0.122 e. The minimum atomic E-state index is 0.264. The van der Waals surface area contributed by atoms with Gasteiger partial charge in [-0.25, -0.2) is 0 Å². The summed E-state index contributed by atoms with van der Waals surface area (Å²) in [5.74, 6) is 0.924. The van der Waals surface area contributed by atoms with Crippen molar-refractivity contribution in [2.45, 2.75) is 6.42 Å². The SMILES string of the molecule is NC1=NN(c2ccc(O)cc2)CC1. The predicted molar refractivity (Wildman–Crippen MR) is 51.7 cm³/mol. The van der Waals surface area contributed by atoms with Crippen molar-refractivity contribution < 1.29 is 5.11 Å². The summed E-state index contributed by atoms with van der Waals surface area (Å²) in [6.07, 6.45) is 0.806. The maximum absolute atomic E-state index is 9.07. The molecule has 0 aliphatic carbocycles. The Balaban J connectivity index is 2.22. The second-order valence-corrected chi connectivity index (χ2v) is 2.98. The van der Waals surface area contributed by atoms with Crippen LogP contribution in [-0.2, 0) is 0 Å². The quantitative estimate of drug-likeness (QED) is 0.669. The normalized spacial score (nSPS) is 16.0. The van der Waals surface area contributed by atoms with Crippen LogP contribution in [0.2, 0.25) is 0 Å². The first kappa shape index (κ1) is 7.91. The van der Waals surface area contributed by atoms with Gasteiger partial charge in [-0.2, -0.15) is 5.10 Å². The molecule has 0 amide bonds. The van der Waals surface area contributed by atoms with E-state index in [2.05, 4.69) is 5.10 Å². The van der Waals surface area contributed by atoms with Crippen LogP contribution in [0.4, 0.5) is 5.69 Å². The van der Waals surface area contributed by atoms with E-state index in [1.54, 1.807) is 12.1 Å². The van der Waals surface area contributed by atoms with Gasteiger partial charge in [0.05, 0.1) is 5.69 Å². The highest BCUT2D eigenvalue weighted by atomic mass is 16.3. The largest absolute Gasteiger partial charge is 0.508 e. The van der Waals surface area contributed by atoms with Crippen LogP contribution in [-0.4, -0.2) is 17.5 Å². The van der Waals surface area contributed by atoms with Gasteiger partial charge in [0.2, 0.25) is 0 Å². The Labute approximate surface area is 76.3 Å². The third kappa shape index (κ3) is 1.56. The van der Waals surface area contributed by atoms with Gasteiger partial charge in [-0.3, -0.25) is 5.01 Å². The fourth-order valence-electron chi connectivity index (χ4n) is 1.29. The minimum Gasteiger partial charge on any atom is -0.508 e. The zero-order valence-corrected chi connectivity index (χ0v) is 7.14. The summed E-state index contributed by atoms with van der Waals surface area (Å²) in [6, 6.07) is 6.91. The first-order valence-electron chi connectivity index (χ1n) is 4.15. The van der Waals surface area contributed by atoms with Crippen molar-refractivity contribution in [3.05, 3.63) is 24.3 Å². The molecule has 0 radical (unpaired) electrons. The van der Waals surface area contributed by atoms with E-state index in [9.17, 15) is 0 Å². The van der Waals surface area contributed by atoms with E-state index in [1.165, 1.54) is 0 Å². The van der Waals surface area contributed by atoms with Crippen LogP contribution in [0.5, 0.6) is 5.75 Å². The van der Waals surface area contributed by atoms with Crippen LogP contribution in [0, 0.1) is 0 Å². The first-order chi connectivity index (χ1) is 6.25. The van der Waals surface area contributed by atoms with E-state index < -0.39 is 0 Å². The average Bonchev–Trinajstić information content (AvgIpc) is 2.53. The lowest BCUT2D eigenvalue weighted by Gasteiger charge is -2.12. The van der Waals surface area contributed by atoms with E-state index >= 15 is 0 Å². The Morgan fingerprint density at radius 2 is 2.00 bits per heavy atom. The summed E-state index contributed by atoms with van der Waals surface area (Å²) in [4.78, 5) is 0. The summed E-state index contributed by atoms with van der Waals surface area (Å²) >= 11 is 0. The summed E-state index contributed by atoms with van der Waals surface area (Å²) < 4.78 is 0. The van der Waals surface area contributed by atoms with Crippen molar-refractivity contribution in [2.24, 2.45) is 10.8 Å². The van der Waals surface area contributed by atoms with Gasteiger partial charge >= 0.3 is 0 Å². The Morgan fingerprint density at radius 3 is 2.54 bits per heavy atom. The predicted octanol–water partition coefficient (Wildman–Crippen LogP) is 0.875. The van der Waals surface area contributed by atoms with E-state index in [0.29, 0.717) is 5.84 Å². The van der Waals surface area contributed by atoms with Gasteiger partial charge in [0, 0.05) is 13.0 Å². The lowest BCUT2D eigenvalue weighted by molar-refractivity contribution is 0.475. The summed E-state index contributed by atoms with van der Waals surface area (Å²) in [5.41, 5.74) is 6.51. The molecule has 0 aromatic heterocycles. The second-order valence-electron chi connectivity index (χ2n) is 2.98. The lowest BCUT2D eigenvalue weighted by atomic mass is 10.3. The fraction of sp³-hybridized carbons (Fsp3) is 0.222. The highest BCUT2D eigenvalue weighted by Gasteiger charge is 2.12. The maximum atomic E-state index is 9.07. The van der Waals surface area contributed by atoms with Gasteiger partial charge in [0.15, 0.2) is 0 Å². The number of phenolic OH excluding ortho intramolecular Hbond substituents is 1. The molecular formula is C9H11N3O. The van der Waals surface area contributed by atoms with Crippen LogP contribution in [0.3, 0.4) is 0 Å². The number of rotatable bonds is 1. The number of anilines is 1. The highest BCUT2D eigenvalue weighted by molar-refractivity contribution is 5.84. The van der Waals surface area contributed by atoms with E-state index in [-0.39, 0.29) is 5.75 Å². The molecular weight excluding hydrogens is 166 g/mol. The van der Waals surface area contributed by atoms with Crippen molar-refractivity contribution in [1.82, 2.24) is 0 Å². The standard InChI is InChI=1S/C9H11N3O/c10-9-5-6-12(11-9)7-1-3-8(13)4-2-7/h1-4,13H,5-6H2,(H2,10,11). The molecule has 2 rings (SSSR count). The number of nitrogens with zero attached hydrogens (tertiary/aromatic N) is 2. The van der Waals surface area contributed by atoms with Gasteiger partial charge in [-0.05, 0) is 24.3 Å². The summed E-state index contributed by atoms with van der Waals surface area (Å²) in [5, 5.41) is 15.0. The van der Waals surface area contributed by atoms with Crippen molar-refractivity contribution in [3.63, 3.8) is 0 Å². The molecule has 0 atom stereocenters. The molecule has 1 aromatic carbocycles. The van der Waals surface area contributed by atoms with Crippen molar-refractivity contribution in [1.29, 1.82) is 0 Å². The van der Waals surface area contributed by atoms with E-state index in [4.69, 9.17) is 10.8 Å². The number of phenols is 1. The van der Waals surface area contributed by atoms with Gasteiger partial charge in [0.1, 0.15) is 11.6 Å². The Hall–Kier alpha value is -1.71. The Morgan fingerprint density at radius 1 is 1.31 bits per heavy atom. The molecule has 1 aromatic rings. The van der Waals surface area contributed by atoms with E-state index in [1.807, 2.05) is 17.1 Å². The number of aromatic hydroxyl groups is 1. The molecule has 1 aliphatic rings. The average molecular weight is 177 g/mol. The molecule has 0 fully saturated rings. The van der Waals surface area contributed by atoms with Crippen LogP contribution in [0.25, 0.3) is 0 Å². The molecule has 1 heterocycles. The highest BCUT2D eigenvalue weighted by Crippen LogP contribution is 2.20. The number of hydrazone groups is 1. The summed E-state index contributed by atoms with van der Waals surface area (Å²) in [6.45, 7) is 0.816. The number of hydrogen-bond acceptors (Lipinski definition) is 4. The monoisotopic (exact) mass is 177 g/mol. The Bertz CT molecular complexity index is 331. The molecule has 3 N–H and O–H groups in total. The van der Waals surface area contributed by atoms with Gasteiger partial charge in [0.25, 0.3) is 0 Å². The zero-order chi connectivity index (χ0) is 9.26. The van der Waals surface area contributed by atoms with Crippen molar-refractivity contribution in [3.8, 4) is 5.75 Å². The number of hydrogen-bond donors (Lipinski definition) is 2. The molecule has 0 bridgehead atoms. The maximum Gasteiger partial charge on any atom is 0.122 e. The first-order valence-corrected chi connectivity index (χ1v) is 4.15. The molecule has 0 saturated carbocycles. The topological polar surface area (TPSA) is 61.8 Å². The number of nitrogens with two attached hydrogens (primary N) is 1. The van der Waals surface area contributed by atoms with Crippen LogP contribution in [0.1, 0.15) is 6.42 Å². The molecule has 0 saturated heterocycles.